The Morgan fingerprint density at radius 2 is 1.96 bits per heavy atom. The molecular formula is C17H20N2OS3. The lowest BCUT2D eigenvalue weighted by Gasteiger charge is -2.19. The molecule has 1 N–H and O–H groups in total. The summed E-state index contributed by atoms with van der Waals surface area (Å²) in [6.07, 6.45) is 0. The van der Waals surface area contributed by atoms with Crippen LogP contribution in [0, 0.1) is 20.8 Å². The fraction of sp³-hybridized carbons (Fsp3) is 0.412. The second-order valence-corrected chi connectivity index (χ2v) is 9.03. The maximum Gasteiger partial charge on any atom is 0.240 e. The fourth-order valence-electron chi connectivity index (χ4n) is 2.52. The maximum absolute atomic E-state index is 12.3. The van der Waals surface area contributed by atoms with Crippen molar-refractivity contribution in [1.29, 1.82) is 0 Å². The van der Waals surface area contributed by atoms with Gasteiger partial charge in [0, 0.05) is 28.2 Å². The van der Waals surface area contributed by atoms with Crippen LogP contribution in [0.15, 0.2) is 17.5 Å². The van der Waals surface area contributed by atoms with Gasteiger partial charge in [-0.1, -0.05) is 6.07 Å². The number of aromatic nitrogens is 1. The third-order valence-corrected chi connectivity index (χ3v) is 7.47. The molecule has 0 radical (unpaired) electrons. The van der Waals surface area contributed by atoms with Crippen molar-refractivity contribution in [2.75, 3.05) is 22.6 Å². The van der Waals surface area contributed by atoms with E-state index in [0.717, 1.165) is 28.5 Å². The molecule has 1 saturated heterocycles. The Balaban J connectivity index is 1.75. The third-order valence-electron chi connectivity index (χ3n) is 3.96. The Kier molecular flexibility index (Phi) is 5.34. The molecule has 3 nitrogen and oxygen atoms in total. The van der Waals surface area contributed by atoms with Gasteiger partial charge < -0.3 is 5.32 Å². The molecule has 1 aromatic heterocycles. The summed E-state index contributed by atoms with van der Waals surface area (Å²) >= 11 is 5.09. The van der Waals surface area contributed by atoms with Gasteiger partial charge in [0.1, 0.15) is 0 Å². The molecule has 0 aliphatic carbocycles. The molecule has 6 heteroatoms. The minimum absolute atomic E-state index is 0.0458. The number of thioether (sulfide) groups is 2. The number of hydrogen-bond donors (Lipinski definition) is 1. The van der Waals surface area contributed by atoms with Crippen molar-refractivity contribution < 1.29 is 4.79 Å². The number of aryl methyl sites for hydroxylation is 3. The van der Waals surface area contributed by atoms with E-state index in [1.165, 1.54) is 28.0 Å². The van der Waals surface area contributed by atoms with Gasteiger partial charge in [0.2, 0.25) is 5.91 Å². The minimum atomic E-state index is 0.0458. The van der Waals surface area contributed by atoms with Crippen LogP contribution in [0.3, 0.4) is 0 Å². The molecule has 0 saturated carbocycles. The summed E-state index contributed by atoms with van der Waals surface area (Å²) in [5, 5.41) is 5.74. The molecule has 2 aromatic rings. The number of amides is 1. The van der Waals surface area contributed by atoms with Crippen molar-refractivity contribution in [2.24, 2.45) is 0 Å². The first-order valence-corrected chi connectivity index (χ1v) is 10.7. The van der Waals surface area contributed by atoms with Crippen LogP contribution in [-0.2, 0) is 4.79 Å². The Morgan fingerprint density at radius 1 is 1.17 bits per heavy atom. The highest BCUT2D eigenvalue weighted by molar-refractivity contribution is 8.07. The number of thiazole rings is 1. The van der Waals surface area contributed by atoms with Gasteiger partial charge in [0.05, 0.1) is 10.9 Å². The van der Waals surface area contributed by atoms with Crippen LogP contribution in [0.25, 0.3) is 11.3 Å². The number of carbonyl (C=O) groups excluding carboxylic acids is 1. The second-order valence-electron chi connectivity index (χ2n) is 5.71. The zero-order valence-electron chi connectivity index (χ0n) is 13.5. The standard InChI is InChI=1S/C17H20N2OS3/c1-10-6-12(3)13(7-11(10)2)14-8-23-17(18-14)19-16(20)15-9-21-4-5-22-15/h6-8,15H,4-5,9H2,1-3H3,(H,18,19,20). The van der Waals surface area contributed by atoms with Crippen LogP contribution in [0.5, 0.6) is 0 Å². The number of anilines is 1. The van der Waals surface area contributed by atoms with Crippen LogP contribution in [0.2, 0.25) is 0 Å². The monoisotopic (exact) mass is 364 g/mol. The minimum Gasteiger partial charge on any atom is -0.301 e. The Morgan fingerprint density at radius 3 is 2.70 bits per heavy atom. The summed E-state index contributed by atoms with van der Waals surface area (Å²) in [5.41, 5.74) is 5.86. The summed E-state index contributed by atoms with van der Waals surface area (Å²) < 4.78 is 0. The number of nitrogens with zero attached hydrogens (tertiary/aromatic N) is 1. The van der Waals surface area contributed by atoms with Gasteiger partial charge in [-0.3, -0.25) is 4.79 Å². The molecule has 122 valence electrons. The molecule has 1 fully saturated rings. The number of nitrogens with one attached hydrogen (secondary N) is 1. The molecule has 1 aromatic carbocycles. The number of hydrogen-bond acceptors (Lipinski definition) is 5. The van der Waals surface area contributed by atoms with E-state index < -0.39 is 0 Å². The third kappa shape index (κ3) is 3.92. The smallest absolute Gasteiger partial charge is 0.240 e. The van der Waals surface area contributed by atoms with Crippen LogP contribution >= 0.6 is 34.9 Å². The SMILES string of the molecule is Cc1cc(C)c(-c2csc(NC(=O)C3CSCCS3)n2)cc1C. The second kappa shape index (κ2) is 7.28. The van der Waals surface area contributed by atoms with E-state index >= 15 is 0 Å². The van der Waals surface area contributed by atoms with Crippen molar-refractivity contribution in [1.82, 2.24) is 4.98 Å². The number of rotatable bonds is 3. The summed E-state index contributed by atoms with van der Waals surface area (Å²) in [7, 11) is 0. The van der Waals surface area contributed by atoms with Gasteiger partial charge in [-0.15, -0.1) is 23.1 Å². The predicted octanol–water partition coefficient (Wildman–Crippen LogP) is 4.52. The van der Waals surface area contributed by atoms with E-state index in [1.807, 2.05) is 17.1 Å². The summed E-state index contributed by atoms with van der Waals surface area (Å²) in [6, 6.07) is 4.37. The highest BCUT2D eigenvalue weighted by Crippen LogP contribution is 2.30. The molecule has 1 amide bonds. The lowest BCUT2D eigenvalue weighted by molar-refractivity contribution is -0.115. The van der Waals surface area contributed by atoms with E-state index in [-0.39, 0.29) is 11.2 Å². The van der Waals surface area contributed by atoms with Gasteiger partial charge in [-0.2, -0.15) is 11.8 Å². The lowest BCUT2D eigenvalue weighted by atomic mass is 9.99. The van der Waals surface area contributed by atoms with Gasteiger partial charge in [0.25, 0.3) is 0 Å². The van der Waals surface area contributed by atoms with Crippen molar-refractivity contribution in [3.63, 3.8) is 0 Å². The largest absolute Gasteiger partial charge is 0.301 e. The molecule has 23 heavy (non-hydrogen) atoms. The van der Waals surface area contributed by atoms with E-state index in [9.17, 15) is 4.79 Å². The van der Waals surface area contributed by atoms with E-state index in [0.29, 0.717) is 5.13 Å². The molecule has 1 unspecified atom stereocenters. The first-order valence-electron chi connectivity index (χ1n) is 7.58. The van der Waals surface area contributed by atoms with Crippen molar-refractivity contribution >= 4 is 45.9 Å². The van der Waals surface area contributed by atoms with Crippen molar-refractivity contribution in [3.05, 3.63) is 34.2 Å². The summed E-state index contributed by atoms with van der Waals surface area (Å²) in [5.74, 6) is 3.17. The molecule has 0 spiro atoms. The molecular weight excluding hydrogens is 344 g/mol. The summed E-state index contributed by atoms with van der Waals surface area (Å²) in [4.78, 5) is 16.9. The van der Waals surface area contributed by atoms with Crippen LogP contribution in [0.1, 0.15) is 16.7 Å². The van der Waals surface area contributed by atoms with Gasteiger partial charge in [-0.25, -0.2) is 4.98 Å². The molecule has 1 aliphatic heterocycles. The van der Waals surface area contributed by atoms with Gasteiger partial charge in [-0.05, 0) is 43.5 Å². The van der Waals surface area contributed by atoms with Gasteiger partial charge in [0.15, 0.2) is 5.13 Å². The first kappa shape index (κ1) is 16.9. The predicted molar refractivity (Wildman–Crippen MR) is 104 cm³/mol. The Bertz CT molecular complexity index is 721. The fourth-order valence-corrected chi connectivity index (χ4v) is 5.79. The van der Waals surface area contributed by atoms with E-state index in [2.05, 4.69) is 43.2 Å². The van der Waals surface area contributed by atoms with E-state index in [1.54, 1.807) is 11.8 Å². The Labute approximate surface area is 149 Å². The zero-order valence-corrected chi connectivity index (χ0v) is 16.0. The average molecular weight is 365 g/mol. The van der Waals surface area contributed by atoms with Gasteiger partial charge >= 0.3 is 0 Å². The normalized spacial score (nSPS) is 18.0. The van der Waals surface area contributed by atoms with Crippen molar-refractivity contribution in [2.45, 2.75) is 26.0 Å². The molecule has 1 aliphatic rings. The van der Waals surface area contributed by atoms with E-state index in [4.69, 9.17) is 0 Å². The average Bonchev–Trinajstić information content (AvgIpc) is 3.00. The Hall–Kier alpha value is -0.980. The molecule has 3 rings (SSSR count). The number of carbonyl (C=O) groups is 1. The molecule has 0 bridgehead atoms. The van der Waals surface area contributed by atoms with Crippen LogP contribution in [-0.4, -0.2) is 33.4 Å². The highest BCUT2D eigenvalue weighted by atomic mass is 32.2. The maximum atomic E-state index is 12.3. The van der Waals surface area contributed by atoms with Crippen LogP contribution in [0.4, 0.5) is 5.13 Å². The lowest BCUT2D eigenvalue weighted by Crippen LogP contribution is -2.30. The highest BCUT2D eigenvalue weighted by Gasteiger charge is 2.23. The zero-order chi connectivity index (χ0) is 16.4. The quantitative estimate of drug-likeness (QED) is 0.869. The molecule has 1 atom stereocenters. The molecule has 2 heterocycles. The summed E-state index contributed by atoms with van der Waals surface area (Å²) in [6.45, 7) is 6.35. The van der Waals surface area contributed by atoms with Crippen molar-refractivity contribution in [3.8, 4) is 11.3 Å². The van der Waals surface area contributed by atoms with Crippen LogP contribution < -0.4 is 5.32 Å². The number of benzene rings is 1. The topological polar surface area (TPSA) is 42.0 Å². The first-order chi connectivity index (χ1) is 11.0.